The van der Waals surface area contributed by atoms with Crippen LogP contribution in [0.3, 0.4) is 0 Å². The fourth-order valence-electron chi connectivity index (χ4n) is 5.74. The number of rotatable bonds is 10. The summed E-state index contributed by atoms with van der Waals surface area (Å²) < 4.78 is 11.6. The first kappa shape index (κ1) is 28.8. The Morgan fingerprint density at radius 3 is 2.19 bits per heavy atom. The predicted molar refractivity (Wildman–Crippen MR) is 167 cm³/mol. The minimum absolute atomic E-state index is 0.376. The summed E-state index contributed by atoms with van der Waals surface area (Å²) in [6.07, 6.45) is 0.453. The number of benzene rings is 4. The largest absolute Gasteiger partial charge is 0.481 e. The first-order chi connectivity index (χ1) is 20.4. The molecule has 42 heavy (non-hydrogen) atoms. The number of pyridine rings is 1. The highest BCUT2D eigenvalue weighted by molar-refractivity contribution is 5.87. The summed E-state index contributed by atoms with van der Waals surface area (Å²) in [6.45, 7) is 0.650. The zero-order valence-corrected chi connectivity index (χ0v) is 24.4. The van der Waals surface area contributed by atoms with Crippen molar-refractivity contribution in [1.29, 1.82) is 5.26 Å². The van der Waals surface area contributed by atoms with Crippen molar-refractivity contribution in [3.8, 4) is 29.0 Å². The van der Waals surface area contributed by atoms with Crippen molar-refractivity contribution in [3.05, 3.63) is 125 Å². The fourth-order valence-corrected chi connectivity index (χ4v) is 5.74. The Hall–Kier alpha value is -4.70. The lowest BCUT2D eigenvalue weighted by atomic mass is 9.70. The molecule has 2 atom stereocenters. The minimum Gasteiger partial charge on any atom is -0.481 e. The second kappa shape index (κ2) is 12.4. The maximum atomic E-state index is 13.2. The molecule has 4 aromatic carbocycles. The average molecular weight is 558 g/mol. The number of ether oxygens (including phenoxy) is 2. The first-order valence-electron chi connectivity index (χ1n) is 13.9. The molecule has 0 saturated carbocycles. The fraction of sp³-hybridized carbons (Fsp3) is 0.222. The Bertz CT molecular complexity index is 1710. The summed E-state index contributed by atoms with van der Waals surface area (Å²) in [4.78, 5) is 6.90. The molecule has 1 N–H and O–H groups in total. The van der Waals surface area contributed by atoms with Gasteiger partial charge in [-0.1, -0.05) is 84.9 Å². The van der Waals surface area contributed by atoms with Gasteiger partial charge in [-0.3, -0.25) is 0 Å². The highest BCUT2D eigenvalue weighted by atomic mass is 16.5. The van der Waals surface area contributed by atoms with E-state index in [1.54, 1.807) is 26.4 Å². The Balaban J connectivity index is 1.83. The Morgan fingerprint density at radius 1 is 0.857 bits per heavy atom. The van der Waals surface area contributed by atoms with E-state index in [-0.39, 0.29) is 0 Å². The van der Waals surface area contributed by atoms with Crippen molar-refractivity contribution in [2.24, 2.45) is 0 Å². The van der Waals surface area contributed by atoms with Crippen LogP contribution in [0.25, 0.3) is 21.9 Å². The quantitative estimate of drug-likeness (QED) is 0.204. The van der Waals surface area contributed by atoms with Gasteiger partial charge in [0.25, 0.3) is 0 Å². The Kier molecular flexibility index (Phi) is 8.53. The lowest BCUT2D eigenvalue weighted by Gasteiger charge is -2.39. The van der Waals surface area contributed by atoms with Crippen molar-refractivity contribution >= 4 is 10.8 Å². The third-order valence-corrected chi connectivity index (χ3v) is 7.81. The van der Waals surface area contributed by atoms with Gasteiger partial charge in [0.05, 0.1) is 25.9 Å². The van der Waals surface area contributed by atoms with Gasteiger partial charge >= 0.3 is 0 Å². The zero-order chi connectivity index (χ0) is 29.7. The Labute approximate surface area is 247 Å². The maximum absolute atomic E-state index is 13.2. The average Bonchev–Trinajstić information content (AvgIpc) is 3.04. The van der Waals surface area contributed by atoms with Crippen LogP contribution in [0.1, 0.15) is 34.6 Å². The molecule has 0 amide bonds. The van der Waals surface area contributed by atoms with Gasteiger partial charge in [-0.25, -0.2) is 0 Å². The number of nitrogens with zero attached hydrogens (tertiary/aromatic N) is 3. The molecule has 5 rings (SSSR count). The summed E-state index contributed by atoms with van der Waals surface area (Å²) in [6, 6.07) is 35.8. The van der Waals surface area contributed by atoms with Crippen LogP contribution in [0.15, 0.2) is 103 Å². The van der Waals surface area contributed by atoms with Crippen molar-refractivity contribution in [2.45, 2.75) is 17.9 Å². The summed E-state index contributed by atoms with van der Waals surface area (Å²) in [5.74, 6) is 0.227. The van der Waals surface area contributed by atoms with Gasteiger partial charge in [-0.05, 0) is 66.2 Å². The SMILES string of the molecule is COc1nc(OC)c([C@@H](c2ccccc2)[C@@](O)(CCN(C)C)c2cccc3ccccc23)cc1-c1ccc(C#N)cc1. The second-order valence-electron chi connectivity index (χ2n) is 10.7. The van der Waals surface area contributed by atoms with Gasteiger partial charge in [0.15, 0.2) is 0 Å². The number of hydrogen-bond donors (Lipinski definition) is 1. The molecular formula is C36H35N3O3. The molecule has 0 radical (unpaired) electrons. The van der Waals surface area contributed by atoms with Crippen LogP contribution in [0, 0.1) is 11.3 Å². The molecule has 1 aromatic heterocycles. The number of methoxy groups -OCH3 is 2. The topological polar surface area (TPSA) is 78.6 Å². The minimum atomic E-state index is -1.35. The smallest absolute Gasteiger partial charge is 0.224 e. The van der Waals surface area contributed by atoms with Crippen LogP contribution < -0.4 is 9.47 Å². The van der Waals surface area contributed by atoms with E-state index in [4.69, 9.17) is 14.5 Å². The molecule has 1 heterocycles. The molecule has 5 aromatic rings. The summed E-state index contributed by atoms with van der Waals surface area (Å²) in [5.41, 5.74) is 3.31. The molecule has 0 aliphatic rings. The molecule has 6 nitrogen and oxygen atoms in total. The first-order valence-corrected chi connectivity index (χ1v) is 13.9. The van der Waals surface area contributed by atoms with Gasteiger partial charge in [-0.15, -0.1) is 0 Å². The van der Waals surface area contributed by atoms with Gasteiger partial charge < -0.3 is 19.5 Å². The van der Waals surface area contributed by atoms with Crippen molar-refractivity contribution < 1.29 is 14.6 Å². The zero-order valence-electron chi connectivity index (χ0n) is 24.4. The van der Waals surface area contributed by atoms with E-state index in [1.165, 1.54) is 0 Å². The van der Waals surface area contributed by atoms with Crippen LogP contribution in [0.4, 0.5) is 0 Å². The highest BCUT2D eigenvalue weighted by Gasteiger charge is 2.43. The number of hydrogen-bond acceptors (Lipinski definition) is 6. The van der Waals surface area contributed by atoms with Gasteiger partial charge in [0.2, 0.25) is 11.8 Å². The summed E-state index contributed by atoms with van der Waals surface area (Å²) in [7, 11) is 7.19. The lowest BCUT2D eigenvalue weighted by molar-refractivity contribution is 0.00513. The molecule has 0 aliphatic carbocycles. The van der Waals surface area contributed by atoms with E-state index in [9.17, 15) is 10.4 Å². The van der Waals surface area contributed by atoms with Crippen molar-refractivity contribution in [3.63, 3.8) is 0 Å². The summed E-state index contributed by atoms with van der Waals surface area (Å²) >= 11 is 0. The number of aliphatic hydroxyl groups is 1. The molecule has 0 saturated heterocycles. The normalized spacial score (nSPS) is 13.4. The summed E-state index contributed by atoms with van der Waals surface area (Å²) in [5, 5.41) is 24.6. The molecule has 0 aliphatic heterocycles. The van der Waals surface area contributed by atoms with E-state index in [1.807, 2.05) is 86.9 Å². The molecule has 212 valence electrons. The van der Waals surface area contributed by atoms with Crippen molar-refractivity contribution in [2.75, 3.05) is 34.9 Å². The van der Waals surface area contributed by atoms with E-state index in [0.717, 1.165) is 38.6 Å². The molecule has 0 spiro atoms. The van der Waals surface area contributed by atoms with Crippen LogP contribution in [0.5, 0.6) is 11.8 Å². The highest BCUT2D eigenvalue weighted by Crippen LogP contribution is 2.50. The van der Waals surface area contributed by atoms with Gasteiger partial charge in [-0.2, -0.15) is 10.2 Å². The van der Waals surface area contributed by atoms with Crippen LogP contribution >= 0.6 is 0 Å². The molecule has 0 bridgehead atoms. The third kappa shape index (κ3) is 5.58. The van der Waals surface area contributed by atoms with Gasteiger partial charge in [0, 0.05) is 23.6 Å². The van der Waals surface area contributed by atoms with Crippen LogP contribution in [-0.4, -0.2) is 49.9 Å². The lowest BCUT2D eigenvalue weighted by Crippen LogP contribution is -2.38. The maximum Gasteiger partial charge on any atom is 0.224 e. The van der Waals surface area contributed by atoms with E-state index in [2.05, 4.69) is 29.2 Å². The molecule has 0 fully saturated rings. The van der Waals surface area contributed by atoms with Crippen LogP contribution in [-0.2, 0) is 5.60 Å². The monoisotopic (exact) mass is 557 g/mol. The number of fused-ring (bicyclic) bond motifs is 1. The molecule has 6 heteroatoms. The standard InChI is InChI=1S/C36H35N3O3/c1-39(2)22-21-36(40,32-16-10-14-26-11-8-9-15-29(26)32)33(28-12-6-5-7-13-28)31-23-30(34(41-3)38-35(31)42-4)27-19-17-25(24-37)18-20-27/h5-20,23,33,40H,21-22H2,1-4H3/t33-,36-/m1/s1. The van der Waals surface area contributed by atoms with Crippen molar-refractivity contribution in [1.82, 2.24) is 9.88 Å². The van der Waals surface area contributed by atoms with Crippen LogP contribution in [0.2, 0.25) is 0 Å². The molecule has 0 unspecified atom stereocenters. The number of aromatic nitrogens is 1. The van der Waals surface area contributed by atoms with Gasteiger partial charge in [0.1, 0.15) is 5.60 Å². The number of nitriles is 1. The third-order valence-electron chi connectivity index (χ3n) is 7.81. The van der Waals surface area contributed by atoms with E-state index in [0.29, 0.717) is 30.3 Å². The molecular weight excluding hydrogens is 522 g/mol. The van der Waals surface area contributed by atoms with E-state index >= 15 is 0 Å². The van der Waals surface area contributed by atoms with E-state index < -0.39 is 11.5 Å². The predicted octanol–water partition coefficient (Wildman–Crippen LogP) is 6.76. The Morgan fingerprint density at radius 2 is 1.52 bits per heavy atom. The second-order valence-corrected chi connectivity index (χ2v) is 10.7.